The largest absolute Gasteiger partial charge is 0.494 e. The van der Waals surface area contributed by atoms with E-state index < -0.39 is 0 Å². The summed E-state index contributed by atoms with van der Waals surface area (Å²) in [6.07, 6.45) is 0. The van der Waals surface area contributed by atoms with Crippen molar-refractivity contribution in [2.45, 2.75) is 20.0 Å². The van der Waals surface area contributed by atoms with E-state index in [0.717, 1.165) is 43.3 Å². The Bertz CT molecular complexity index is 1290. The highest BCUT2D eigenvalue weighted by atomic mass is 16.3. The molecule has 32 heavy (non-hydrogen) atoms. The molecule has 7 nitrogen and oxygen atoms in total. The standard InChI is InChI=1S/C25H27N5O2/c1-18-21-22(24(32)30(23(18)31)17-20-10-6-3-7-11-20)29(16-19-8-4-2-5-9-19)25(27-21)28-14-12-26-13-15-28/h2-11,26,31H,12-17H2,1H3. The van der Waals surface area contributed by atoms with Crippen LogP contribution in [0, 0.1) is 6.92 Å². The maximum atomic E-state index is 13.7. The number of nitrogens with zero attached hydrogens (tertiary/aromatic N) is 4. The molecule has 0 aliphatic carbocycles. The second-order valence-corrected chi connectivity index (χ2v) is 8.24. The predicted molar refractivity (Wildman–Crippen MR) is 127 cm³/mol. The number of piperazine rings is 1. The number of anilines is 1. The van der Waals surface area contributed by atoms with E-state index in [1.54, 1.807) is 0 Å². The summed E-state index contributed by atoms with van der Waals surface area (Å²) >= 11 is 0. The molecule has 1 fully saturated rings. The monoisotopic (exact) mass is 429 g/mol. The SMILES string of the molecule is Cc1c(O)n(Cc2ccccc2)c(=O)c2c1nc(N1CCNCC1)n2Cc1ccccc1. The normalized spacial score (nSPS) is 14.2. The van der Waals surface area contributed by atoms with Gasteiger partial charge in [-0.3, -0.25) is 9.36 Å². The topological polar surface area (TPSA) is 75.3 Å². The van der Waals surface area contributed by atoms with E-state index in [2.05, 4.69) is 22.3 Å². The molecule has 0 saturated carbocycles. The highest BCUT2D eigenvalue weighted by Crippen LogP contribution is 2.29. The van der Waals surface area contributed by atoms with Gasteiger partial charge in [-0.25, -0.2) is 4.98 Å². The van der Waals surface area contributed by atoms with Crippen molar-refractivity contribution in [2.24, 2.45) is 0 Å². The third-order valence-electron chi connectivity index (χ3n) is 6.11. The molecule has 0 radical (unpaired) electrons. The van der Waals surface area contributed by atoms with Crippen molar-refractivity contribution >= 4 is 17.0 Å². The Balaban J connectivity index is 1.72. The molecule has 1 aliphatic heterocycles. The number of imidazole rings is 1. The number of fused-ring (bicyclic) bond motifs is 1. The van der Waals surface area contributed by atoms with Crippen LogP contribution in [-0.4, -0.2) is 45.4 Å². The van der Waals surface area contributed by atoms with Crippen LogP contribution in [0.15, 0.2) is 65.5 Å². The van der Waals surface area contributed by atoms with Crippen molar-refractivity contribution in [2.75, 3.05) is 31.1 Å². The summed E-state index contributed by atoms with van der Waals surface area (Å²) in [5, 5.41) is 14.3. The Morgan fingerprint density at radius 2 is 1.47 bits per heavy atom. The van der Waals surface area contributed by atoms with Gasteiger partial charge in [0.25, 0.3) is 5.56 Å². The molecule has 1 aliphatic rings. The summed E-state index contributed by atoms with van der Waals surface area (Å²) in [4.78, 5) is 20.8. The van der Waals surface area contributed by atoms with Crippen LogP contribution in [0.25, 0.3) is 11.0 Å². The van der Waals surface area contributed by atoms with Crippen LogP contribution in [0.4, 0.5) is 5.95 Å². The zero-order chi connectivity index (χ0) is 22.1. The number of aromatic nitrogens is 3. The van der Waals surface area contributed by atoms with Gasteiger partial charge in [0.2, 0.25) is 5.95 Å². The first-order valence-corrected chi connectivity index (χ1v) is 11.0. The molecule has 0 atom stereocenters. The van der Waals surface area contributed by atoms with E-state index in [1.165, 1.54) is 4.57 Å². The second kappa shape index (κ2) is 8.51. The molecular weight excluding hydrogens is 402 g/mol. The summed E-state index contributed by atoms with van der Waals surface area (Å²) < 4.78 is 3.48. The van der Waals surface area contributed by atoms with Crippen molar-refractivity contribution in [1.29, 1.82) is 0 Å². The lowest BCUT2D eigenvalue weighted by atomic mass is 10.2. The molecule has 1 saturated heterocycles. The molecule has 0 amide bonds. The minimum Gasteiger partial charge on any atom is -0.494 e. The van der Waals surface area contributed by atoms with Gasteiger partial charge in [0.1, 0.15) is 11.0 Å². The molecule has 5 rings (SSSR count). The van der Waals surface area contributed by atoms with Gasteiger partial charge in [-0.1, -0.05) is 60.7 Å². The Morgan fingerprint density at radius 1 is 0.906 bits per heavy atom. The zero-order valence-corrected chi connectivity index (χ0v) is 18.2. The van der Waals surface area contributed by atoms with Gasteiger partial charge in [0.15, 0.2) is 5.88 Å². The fourth-order valence-electron chi connectivity index (χ4n) is 4.39. The number of pyridine rings is 1. The summed E-state index contributed by atoms with van der Waals surface area (Å²) in [6.45, 7) is 6.07. The van der Waals surface area contributed by atoms with Crippen LogP contribution in [0.5, 0.6) is 5.88 Å². The van der Waals surface area contributed by atoms with Crippen LogP contribution in [0.2, 0.25) is 0 Å². The van der Waals surface area contributed by atoms with E-state index in [4.69, 9.17) is 4.98 Å². The first-order chi connectivity index (χ1) is 15.6. The third kappa shape index (κ3) is 3.65. The lowest BCUT2D eigenvalue weighted by Crippen LogP contribution is -2.44. The number of benzene rings is 2. The van der Waals surface area contributed by atoms with Gasteiger partial charge in [0, 0.05) is 31.7 Å². The number of hydrogen-bond acceptors (Lipinski definition) is 5. The first kappa shape index (κ1) is 20.3. The van der Waals surface area contributed by atoms with Gasteiger partial charge < -0.3 is 19.9 Å². The number of hydrogen-bond donors (Lipinski definition) is 2. The minimum absolute atomic E-state index is 0.0254. The van der Waals surface area contributed by atoms with E-state index in [-0.39, 0.29) is 11.4 Å². The molecule has 164 valence electrons. The van der Waals surface area contributed by atoms with Crippen molar-refractivity contribution in [3.63, 3.8) is 0 Å². The minimum atomic E-state index is -0.225. The zero-order valence-electron chi connectivity index (χ0n) is 18.2. The molecule has 2 N–H and O–H groups in total. The molecule has 0 spiro atoms. The third-order valence-corrected chi connectivity index (χ3v) is 6.11. The van der Waals surface area contributed by atoms with Crippen molar-refractivity contribution in [3.05, 3.63) is 87.7 Å². The van der Waals surface area contributed by atoms with E-state index in [0.29, 0.717) is 29.7 Å². The van der Waals surface area contributed by atoms with Gasteiger partial charge in [-0.2, -0.15) is 0 Å². The molecular formula is C25H27N5O2. The molecule has 2 aromatic heterocycles. The van der Waals surface area contributed by atoms with Gasteiger partial charge in [-0.05, 0) is 18.1 Å². The van der Waals surface area contributed by atoms with Gasteiger partial charge >= 0.3 is 0 Å². The average molecular weight is 430 g/mol. The van der Waals surface area contributed by atoms with Crippen LogP contribution in [0.1, 0.15) is 16.7 Å². The van der Waals surface area contributed by atoms with Crippen LogP contribution >= 0.6 is 0 Å². The van der Waals surface area contributed by atoms with Crippen LogP contribution in [0.3, 0.4) is 0 Å². The van der Waals surface area contributed by atoms with E-state index >= 15 is 0 Å². The highest BCUT2D eigenvalue weighted by molar-refractivity contribution is 5.83. The smallest absolute Gasteiger partial charge is 0.279 e. The second-order valence-electron chi connectivity index (χ2n) is 8.24. The number of rotatable bonds is 5. The van der Waals surface area contributed by atoms with Crippen molar-refractivity contribution in [1.82, 2.24) is 19.4 Å². The molecule has 4 aromatic rings. The maximum Gasteiger partial charge on any atom is 0.279 e. The lowest BCUT2D eigenvalue weighted by molar-refractivity contribution is 0.412. The molecule has 3 heterocycles. The Kier molecular flexibility index (Phi) is 5.41. The Morgan fingerprint density at radius 3 is 2.06 bits per heavy atom. The molecule has 2 aromatic carbocycles. The Hall–Kier alpha value is -3.58. The summed E-state index contributed by atoms with van der Waals surface area (Å²) in [7, 11) is 0. The first-order valence-electron chi connectivity index (χ1n) is 11.0. The van der Waals surface area contributed by atoms with Crippen molar-refractivity contribution in [3.8, 4) is 5.88 Å². The summed E-state index contributed by atoms with van der Waals surface area (Å²) in [6, 6.07) is 19.8. The fourth-order valence-corrected chi connectivity index (χ4v) is 4.39. The van der Waals surface area contributed by atoms with Crippen molar-refractivity contribution < 1.29 is 5.11 Å². The van der Waals surface area contributed by atoms with Gasteiger partial charge in [0.05, 0.1) is 13.1 Å². The number of aryl methyl sites for hydroxylation is 1. The quantitative estimate of drug-likeness (QED) is 0.510. The molecule has 7 heteroatoms. The molecule has 0 unspecified atom stereocenters. The predicted octanol–water partition coefficient (Wildman–Crippen LogP) is 2.72. The van der Waals surface area contributed by atoms with Gasteiger partial charge in [-0.15, -0.1) is 0 Å². The van der Waals surface area contributed by atoms with E-state index in [1.807, 2.05) is 60.0 Å². The van der Waals surface area contributed by atoms with Crippen LogP contribution in [-0.2, 0) is 13.1 Å². The highest BCUT2D eigenvalue weighted by Gasteiger charge is 2.25. The lowest BCUT2D eigenvalue weighted by Gasteiger charge is -2.28. The number of aromatic hydroxyl groups is 1. The summed E-state index contributed by atoms with van der Waals surface area (Å²) in [5.41, 5.74) is 3.56. The fraction of sp³-hybridized carbons (Fsp3) is 0.280. The maximum absolute atomic E-state index is 13.7. The molecule has 0 bridgehead atoms. The summed E-state index contributed by atoms with van der Waals surface area (Å²) in [5.74, 6) is 0.755. The average Bonchev–Trinajstić information content (AvgIpc) is 3.22. The number of nitrogens with one attached hydrogen (secondary N) is 1. The van der Waals surface area contributed by atoms with Crippen LogP contribution < -0.4 is 15.8 Å². The Labute approximate surface area is 186 Å². The van der Waals surface area contributed by atoms with E-state index in [9.17, 15) is 9.90 Å².